The van der Waals surface area contributed by atoms with Crippen molar-refractivity contribution in [3.8, 4) is 11.4 Å². The van der Waals surface area contributed by atoms with Crippen molar-refractivity contribution < 1.29 is 27.2 Å². The first-order chi connectivity index (χ1) is 18.2. The predicted octanol–water partition coefficient (Wildman–Crippen LogP) is 6.49. The molecule has 194 valence electrons. The van der Waals surface area contributed by atoms with E-state index in [2.05, 4.69) is 29.3 Å². The van der Waals surface area contributed by atoms with Crippen LogP contribution in [0.5, 0.6) is 5.75 Å². The van der Waals surface area contributed by atoms with E-state index in [1.165, 1.54) is 24.3 Å². The van der Waals surface area contributed by atoms with E-state index in [4.69, 9.17) is 4.52 Å². The Morgan fingerprint density at radius 3 is 2.63 bits per heavy atom. The Morgan fingerprint density at radius 2 is 1.92 bits per heavy atom. The van der Waals surface area contributed by atoms with Gasteiger partial charge in [0.25, 0.3) is 0 Å². The summed E-state index contributed by atoms with van der Waals surface area (Å²) in [6, 6.07) is 14.7. The van der Waals surface area contributed by atoms with Crippen LogP contribution in [0.3, 0.4) is 0 Å². The van der Waals surface area contributed by atoms with Gasteiger partial charge in [0.2, 0.25) is 0 Å². The summed E-state index contributed by atoms with van der Waals surface area (Å²) in [5.74, 6) is 0.217. The number of aryl methyl sites for hydroxylation is 2. The second-order valence-electron chi connectivity index (χ2n) is 8.15. The Bertz CT molecular complexity index is 1640. The number of rotatable bonds is 6. The topological polar surface area (TPSA) is 107 Å². The normalized spacial score (nSPS) is 11.9. The Morgan fingerprint density at radius 1 is 1.13 bits per heavy atom. The molecule has 0 aliphatic rings. The molecule has 5 rings (SSSR count). The maximum absolute atomic E-state index is 12.4. The minimum atomic E-state index is -4.74. The molecule has 2 heterocycles. The zero-order chi connectivity index (χ0) is 26.9. The van der Waals surface area contributed by atoms with E-state index < -0.39 is 12.4 Å². The van der Waals surface area contributed by atoms with Gasteiger partial charge in [-0.3, -0.25) is 9.29 Å². The fraction of sp³-hybridized carbons (Fsp3) is 0.120. The van der Waals surface area contributed by atoms with Crippen molar-refractivity contribution in [2.45, 2.75) is 20.2 Å². The molecule has 0 radical (unpaired) electrons. The van der Waals surface area contributed by atoms with Gasteiger partial charge in [-0.05, 0) is 61.2 Å². The second-order valence-corrected chi connectivity index (χ2v) is 8.75. The van der Waals surface area contributed by atoms with Gasteiger partial charge >= 0.3 is 12.4 Å². The lowest BCUT2D eigenvalue weighted by molar-refractivity contribution is -0.274. The number of hydrogen-bond acceptors (Lipinski definition) is 7. The molecule has 2 aromatic heterocycles. The van der Waals surface area contributed by atoms with Crippen molar-refractivity contribution in [3.63, 3.8) is 0 Å². The van der Waals surface area contributed by atoms with E-state index in [1.807, 2.05) is 30.3 Å². The van der Waals surface area contributed by atoms with Gasteiger partial charge in [0.05, 0.1) is 23.2 Å². The van der Waals surface area contributed by atoms with Gasteiger partial charge < -0.3 is 14.6 Å². The first kappa shape index (κ1) is 25.1. The first-order valence-corrected chi connectivity index (χ1v) is 11.9. The average molecular weight is 541 g/mol. The van der Waals surface area contributed by atoms with Crippen molar-refractivity contribution in [2.24, 2.45) is 4.40 Å². The van der Waals surface area contributed by atoms with Gasteiger partial charge in [-0.1, -0.05) is 23.4 Å². The molecule has 0 aliphatic carbocycles. The molecule has 13 heteroatoms. The van der Waals surface area contributed by atoms with Crippen LogP contribution >= 0.6 is 12.1 Å². The van der Waals surface area contributed by atoms with Crippen LogP contribution < -0.4 is 14.8 Å². The van der Waals surface area contributed by atoms with Gasteiger partial charge in [-0.15, -0.1) is 13.2 Å². The molecular weight excluding hydrogens is 521 g/mol. The molecule has 0 spiro atoms. The van der Waals surface area contributed by atoms with E-state index in [9.17, 15) is 18.0 Å². The molecular formula is C25H19F3N6O3S. The zero-order valence-electron chi connectivity index (χ0n) is 19.9. The lowest BCUT2D eigenvalue weighted by atomic mass is 10.1. The average Bonchev–Trinajstić information content (AvgIpc) is 3.45. The number of hydrogen-bond donors (Lipinski definition) is 2. The summed E-state index contributed by atoms with van der Waals surface area (Å²) in [6.07, 6.45) is -1.50. The molecule has 0 fully saturated rings. The van der Waals surface area contributed by atoms with E-state index in [1.54, 1.807) is 31.0 Å². The third kappa shape index (κ3) is 5.42. The van der Waals surface area contributed by atoms with Crippen LogP contribution in [0.15, 0.2) is 69.8 Å². The van der Waals surface area contributed by atoms with Gasteiger partial charge in [0.1, 0.15) is 23.5 Å². The maximum Gasteiger partial charge on any atom is 0.573 e. The summed E-state index contributed by atoms with van der Waals surface area (Å²) in [6.45, 7) is 3.43. The van der Waals surface area contributed by atoms with E-state index in [-0.39, 0.29) is 5.75 Å². The number of imidazole rings is 1. The number of benzene rings is 3. The number of amides is 2. The highest BCUT2D eigenvalue weighted by Gasteiger charge is 2.31. The SMILES string of the molecule is Cc1noc(C)c1NC(=O)NS/N=C/c1ccc2c(ccc3c2ncn3-c2ccc(OC(F)(F)F)cc2)c1. The number of nitrogens with one attached hydrogen (secondary N) is 2. The lowest BCUT2D eigenvalue weighted by Gasteiger charge is -2.10. The smallest absolute Gasteiger partial charge is 0.406 e. The number of carbonyl (C=O) groups is 1. The number of halogens is 3. The first-order valence-electron chi connectivity index (χ1n) is 11.1. The molecule has 2 N–H and O–H groups in total. The van der Waals surface area contributed by atoms with Crippen molar-refractivity contribution in [3.05, 3.63) is 77.9 Å². The molecule has 9 nitrogen and oxygen atoms in total. The summed E-state index contributed by atoms with van der Waals surface area (Å²) >= 11 is 0.872. The summed E-state index contributed by atoms with van der Waals surface area (Å²) in [7, 11) is 0. The molecule has 0 aliphatic heterocycles. The Hall–Kier alpha value is -4.52. The Kier molecular flexibility index (Phi) is 6.68. The fourth-order valence-corrected chi connectivity index (χ4v) is 4.24. The molecule has 0 saturated heterocycles. The van der Waals surface area contributed by atoms with Crippen molar-refractivity contribution >= 4 is 51.9 Å². The highest BCUT2D eigenvalue weighted by atomic mass is 32.2. The molecule has 5 aromatic rings. The summed E-state index contributed by atoms with van der Waals surface area (Å²) in [5.41, 5.74) is 4.10. The predicted molar refractivity (Wildman–Crippen MR) is 139 cm³/mol. The highest BCUT2D eigenvalue weighted by molar-refractivity contribution is 7.96. The number of aromatic nitrogens is 3. The molecule has 0 saturated carbocycles. The van der Waals surface area contributed by atoms with Gasteiger partial charge in [-0.25, -0.2) is 14.2 Å². The minimum Gasteiger partial charge on any atom is -0.406 e. The van der Waals surface area contributed by atoms with Crippen LogP contribution in [0, 0.1) is 13.8 Å². The number of anilines is 1. The van der Waals surface area contributed by atoms with Crippen LogP contribution in [-0.2, 0) is 0 Å². The molecule has 3 aromatic carbocycles. The van der Waals surface area contributed by atoms with Crippen LogP contribution in [0.25, 0.3) is 27.5 Å². The number of fused-ring (bicyclic) bond motifs is 3. The quantitative estimate of drug-likeness (QED) is 0.188. The van der Waals surface area contributed by atoms with Crippen molar-refractivity contribution in [1.82, 2.24) is 19.4 Å². The van der Waals surface area contributed by atoms with Crippen LogP contribution in [-0.4, -0.2) is 33.3 Å². The highest BCUT2D eigenvalue weighted by Crippen LogP contribution is 2.29. The fourth-order valence-electron chi connectivity index (χ4n) is 3.88. The summed E-state index contributed by atoms with van der Waals surface area (Å²) < 4.78 is 54.8. The number of urea groups is 1. The Balaban J connectivity index is 1.28. The van der Waals surface area contributed by atoms with E-state index >= 15 is 0 Å². The van der Waals surface area contributed by atoms with Crippen LogP contribution in [0.1, 0.15) is 17.0 Å². The molecule has 0 bridgehead atoms. The molecule has 38 heavy (non-hydrogen) atoms. The van der Waals surface area contributed by atoms with Gasteiger partial charge in [0, 0.05) is 17.3 Å². The number of alkyl halides is 3. The second kappa shape index (κ2) is 10.1. The third-order valence-electron chi connectivity index (χ3n) is 5.57. The number of ether oxygens (including phenoxy) is 1. The summed E-state index contributed by atoms with van der Waals surface area (Å²) in [5, 5.41) is 8.27. The van der Waals surface area contributed by atoms with Crippen molar-refractivity contribution in [1.29, 1.82) is 0 Å². The molecule has 2 amide bonds. The van der Waals surface area contributed by atoms with E-state index in [0.717, 1.165) is 39.5 Å². The van der Waals surface area contributed by atoms with Crippen LogP contribution in [0.4, 0.5) is 23.7 Å². The van der Waals surface area contributed by atoms with Crippen LogP contribution in [0.2, 0.25) is 0 Å². The third-order valence-corrected chi connectivity index (χ3v) is 6.06. The zero-order valence-corrected chi connectivity index (χ0v) is 20.7. The lowest BCUT2D eigenvalue weighted by Crippen LogP contribution is -2.22. The van der Waals surface area contributed by atoms with E-state index in [0.29, 0.717) is 22.8 Å². The van der Waals surface area contributed by atoms with Crippen molar-refractivity contribution in [2.75, 3.05) is 5.32 Å². The van der Waals surface area contributed by atoms with Gasteiger partial charge in [-0.2, -0.15) is 0 Å². The minimum absolute atomic E-state index is 0.292. The largest absolute Gasteiger partial charge is 0.573 e. The standard InChI is InChI=1S/C25H19F3N6O3S/c1-14-22(15(2)37-32-14)31-24(35)33-38-30-12-16-3-9-20-17(11-16)4-10-21-23(20)29-13-34(21)18-5-7-19(8-6-18)36-25(26,27)28/h3-13H,1-2H3,(H2,31,33,35)/b30-12+. The number of carbonyl (C=O) groups excluding carboxylic acids is 1. The summed E-state index contributed by atoms with van der Waals surface area (Å²) in [4.78, 5) is 16.6. The molecule has 0 unspecified atom stereocenters. The number of nitrogens with zero attached hydrogens (tertiary/aromatic N) is 4. The maximum atomic E-state index is 12.4. The van der Waals surface area contributed by atoms with Gasteiger partial charge in [0.15, 0.2) is 5.76 Å². The molecule has 0 atom stereocenters. The monoisotopic (exact) mass is 540 g/mol. The Labute approximate surface area is 217 Å².